The molecule has 5 nitrogen and oxygen atoms in total. The van der Waals surface area contributed by atoms with E-state index in [1.54, 1.807) is 31.2 Å². The van der Waals surface area contributed by atoms with Crippen LogP contribution in [0.4, 0.5) is 3.89 Å². The molecule has 0 aliphatic heterocycles. The third-order valence-electron chi connectivity index (χ3n) is 3.70. The normalized spacial score (nSPS) is 11.5. The predicted octanol–water partition coefficient (Wildman–Crippen LogP) is 4.39. The highest BCUT2D eigenvalue weighted by atomic mass is 35.5. The molecule has 3 aromatic rings. The number of pyridine rings is 1. The van der Waals surface area contributed by atoms with Crippen molar-refractivity contribution in [3.05, 3.63) is 59.1 Å². The summed E-state index contributed by atoms with van der Waals surface area (Å²) < 4.78 is 39.8. The molecule has 0 N–H and O–H groups in total. The molecule has 134 valence electrons. The zero-order valence-electron chi connectivity index (χ0n) is 13.6. The molecule has 3 rings (SSSR count). The first-order valence-electron chi connectivity index (χ1n) is 7.62. The fourth-order valence-corrected chi connectivity index (χ4v) is 3.18. The van der Waals surface area contributed by atoms with Gasteiger partial charge in [0.25, 0.3) is 0 Å². The Balaban J connectivity index is 2.04. The van der Waals surface area contributed by atoms with Crippen LogP contribution < -0.4 is 0 Å². The van der Waals surface area contributed by atoms with E-state index in [4.69, 9.17) is 16.3 Å². The minimum absolute atomic E-state index is 0.270. The van der Waals surface area contributed by atoms with Crippen molar-refractivity contribution in [2.45, 2.75) is 11.8 Å². The Hall–Kier alpha value is -2.51. The van der Waals surface area contributed by atoms with Crippen LogP contribution in [-0.2, 0) is 15.0 Å². The lowest BCUT2D eigenvalue weighted by molar-refractivity contribution is 0.0526. The number of nitrogens with zero attached hydrogens (tertiary/aromatic N) is 1. The smallest absolute Gasteiger partial charge is 0.338 e. The van der Waals surface area contributed by atoms with Crippen molar-refractivity contribution in [1.82, 2.24) is 4.98 Å². The van der Waals surface area contributed by atoms with Crippen molar-refractivity contribution in [2.75, 3.05) is 6.61 Å². The predicted molar refractivity (Wildman–Crippen MR) is 96.4 cm³/mol. The van der Waals surface area contributed by atoms with Crippen LogP contribution in [0, 0.1) is 0 Å². The van der Waals surface area contributed by atoms with E-state index in [0.717, 1.165) is 12.1 Å². The number of fused-ring (bicyclic) bond motifs is 1. The Labute approximate surface area is 154 Å². The maximum atomic E-state index is 13.0. The largest absolute Gasteiger partial charge is 0.462 e. The number of benzene rings is 2. The van der Waals surface area contributed by atoms with Crippen LogP contribution in [0.1, 0.15) is 17.3 Å². The van der Waals surface area contributed by atoms with Gasteiger partial charge in [-0.1, -0.05) is 23.7 Å². The van der Waals surface area contributed by atoms with Gasteiger partial charge < -0.3 is 4.74 Å². The van der Waals surface area contributed by atoms with Crippen LogP contribution in [0.25, 0.3) is 22.2 Å². The number of aromatic nitrogens is 1. The quantitative estimate of drug-likeness (QED) is 0.485. The third kappa shape index (κ3) is 3.68. The molecule has 0 bridgehead atoms. The topological polar surface area (TPSA) is 73.3 Å². The summed E-state index contributed by atoms with van der Waals surface area (Å²) in [6, 6.07) is 11.7. The van der Waals surface area contributed by atoms with Crippen molar-refractivity contribution < 1.29 is 21.8 Å². The Morgan fingerprint density at radius 3 is 2.46 bits per heavy atom. The first kappa shape index (κ1) is 18.3. The van der Waals surface area contributed by atoms with Crippen molar-refractivity contribution >= 4 is 38.7 Å². The van der Waals surface area contributed by atoms with Crippen molar-refractivity contribution in [3.8, 4) is 11.3 Å². The van der Waals surface area contributed by atoms with Gasteiger partial charge in [-0.05, 0) is 43.3 Å². The van der Waals surface area contributed by atoms with Gasteiger partial charge in [-0.2, -0.15) is 8.42 Å². The molecule has 0 amide bonds. The molecule has 0 unspecified atom stereocenters. The van der Waals surface area contributed by atoms with Gasteiger partial charge >= 0.3 is 16.2 Å². The van der Waals surface area contributed by atoms with Crippen LogP contribution in [-0.4, -0.2) is 26.0 Å². The Morgan fingerprint density at radius 1 is 1.15 bits per heavy atom. The number of hydrogen-bond donors (Lipinski definition) is 0. The van der Waals surface area contributed by atoms with Gasteiger partial charge in [0.2, 0.25) is 0 Å². The molecule has 0 aliphatic carbocycles. The third-order valence-corrected chi connectivity index (χ3v) is 4.85. The van der Waals surface area contributed by atoms with Gasteiger partial charge in [0.1, 0.15) is 0 Å². The molecular weight excluding hydrogens is 381 g/mol. The van der Waals surface area contributed by atoms with Crippen molar-refractivity contribution in [3.63, 3.8) is 0 Å². The number of carbonyl (C=O) groups is 1. The highest BCUT2D eigenvalue weighted by Crippen LogP contribution is 2.29. The molecule has 0 saturated carbocycles. The number of esters is 1. The van der Waals surface area contributed by atoms with Crippen LogP contribution in [0.3, 0.4) is 0 Å². The molecule has 1 heterocycles. The Morgan fingerprint density at radius 2 is 1.85 bits per heavy atom. The Kier molecular flexibility index (Phi) is 4.93. The minimum atomic E-state index is -4.75. The summed E-state index contributed by atoms with van der Waals surface area (Å²) in [4.78, 5) is 15.9. The number of halogens is 2. The van der Waals surface area contributed by atoms with E-state index < -0.39 is 21.1 Å². The number of hydrogen-bond acceptors (Lipinski definition) is 5. The molecule has 8 heteroatoms. The molecule has 0 radical (unpaired) electrons. The van der Waals surface area contributed by atoms with Crippen molar-refractivity contribution in [1.29, 1.82) is 0 Å². The molecular formula is C18H13ClFNO4S. The summed E-state index contributed by atoms with van der Waals surface area (Å²) in [7, 11) is -4.75. The first-order valence-corrected chi connectivity index (χ1v) is 9.38. The van der Waals surface area contributed by atoms with E-state index >= 15 is 0 Å². The second kappa shape index (κ2) is 7.01. The zero-order chi connectivity index (χ0) is 18.9. The molecule has 26 heavy (non-hydrogen) atoms. The molecule has 0 aliphatic rings. The maximum absolute atomic E-state index is 13.0. The van der Waals surface area contributed by atoms with Gasteiger partial charge in [0.15, 0.2) is 0 Å². The zero-order valence-corrected chi connectivity index (χ0v) is 15.1. The average Bonchev–Trinajstić information content (AvgIpc) is 2.61. The van der Waals surface area contributed by atoms with Gasteiger partial charge in [-0.25, -0.2) is 9.78 Å². The number of ether oxygens (including phenoxy) is 1. The van der Waals surface area contributed by atoms with Crippen LogP contribution >= 0.6 is 11.6 Å². The monoisotopic (exact) mass is 393 g/mol. The lowest BCUT2D eigenvalue weighted by Crippen LogP contribution is -2.04. The van der Waals surface area contributed by atoms with Crippen molar-refractivity contribution in [2.24, 2.45) is 0 Å². The molecule has 0 fully saturated rings. The number of rotatable bonds is 4. The molecule has 2 aromatic carbocycles. The van der Waals surface area contributed by atoms with E-state index in [9.17, 15) is 17.1 Å². The van der Waals surface area contributed by atoms with E-state index in [0.29, 0.717) is 32.7 Å². The maximum Gasteiger partial charge on any atom is 0.338 e. The molecule has 1 aromatic heterocycles. The van der Waals surface area contributed by atoms with Gasteiger partial charge in [0, 0.05) is 10.9 Å². The second-order valence-electron chi connectivity index (χ2n) is 5.40. The summed E-state index contributed by atoms with van der Waals surface area (Å²) in [6.45, 7) is 1.99. The SMILES string of the molecule is CCOC(=O)c1ccc2nc(-c3ccc(S(=O)(=O)F)cc3)cc(Cl)c2c1. The second-order valence-corrected chi connectivity index (χ2v) is 7.16. The summed E-state index contributed by atoms with van der Waals surface area (Å²) >= 11 is 6.32. The summed E-state index contributed by atoms with van der Waals surface area (Å²) in [5.74, 6) is -0.447. The summed E-state index contributed by atoms with van der Waals surface area (Å²) in [5, 5.41) is 0.960. The Bertz CT molecular complexity index is 1100. The minimum Gasteiger partial charge on any atom is -0.462 e. The summed E-state index contributed by atoms with van der Waals surface area (Å²) in [5.41, 5.74) is 2.00. The average molecular weight is 394 g/mol. The van der Waals surface area contributed by atoms with Gasteiger partial charge in [-0.3, -0.25) is 0 Å². The van der Waals surface area contributed by atoms with Crippen LogP contribution in [0.5, 0.6) is 0 Å². The lowest BCUT2D eigenvalue weighted by Gasteiger charge is -2.08. The fourth-order valence-electron chi connectivity index (χ4n) is 2.46. The lowest BCUT2D eigenvalue weighted by atomic mass is 10.1. The highest BCUT2D eigenvalue weighted by molar-refractivity contribution is 7.86. The highest BCUT2D eigenvalue weighted by Gasteiger charge is 2.14. The van der Waals surface area contributed by atoms with E-state index in [1.165, 1.54) is 12.1 Å². The van der Waals surface area contributed by atoms with Crippen LogP contribution in [0.2, 0.25) is 5.02 Å². The molecule has 0 atom stereocenters. The molecule has 0 saturated heterocycles. The van der Waals surface area contributed by atoms with E-state index in [2.05, 4.69) is 4.98 Å². The van der Waals surface area contributed by atoms with Gasteiger partial charge in [-0.15, -0.1) is 3.89 Å². The standard InChI is InChI=1S/C18H13ClFNO4S/c1-2-25-18(22)12-5-8-16-14(9-12)15(19)10-17(21-16)11-3-6-13(7-4-11)26(20,23)24/h3-10H,2H2,1H3. The van der Waals surface area contributed by atoms with E-state index in [-0.39, 0.29) is 6.61 Å². The number of carbonyl (C=O) groups excluding carboxylic acids is 1. The summed E-state index contributed by atoms with van der Waals surface area (Å²) in [6.07, 6.45) is 0. The van der Waals surface area contributed by atoms with Gasteiger partial charge in [0.05, 0.1) is 33.3 Å². The first-order chi connectivity index (χ1) is 12.3. The van der Waals surface area contributed by atoms with Crippen LogP contribution in [0.15, 0.2) is 53.4 Å². The molecule has 0 spiro atoms. The van der Waals surface area contributed by atoms with E-state index in [1.807, 2.05) is 0 Å². The fraction of sp³-hybridized carbons (Fsp3) is 0.111.